The van der Waals surface area contributed by atoms with E-state index in [1.165, 1.54) is 29.5 Å². The van der Waals surface area contributed by atoms with Gasteiger partial charge in [0.2, 0.25) is 0 Å². The first-order valence-corrected chi connectivity index (χ1v) is 9.60. The van der Waals surface area contributed by atoms with Crippen LogP contribution in [-0.4, -0.2) is 27.8 Å². The van der Waals surface area contributed by atoms with Crippen LogP contribution in [0.4, 0.5) is 4.39 Å². The highest BCUT2D eigenvalue weighted by molar-refractivity contribution is 7.13. The SMILES string of the molecule is CC(C)(C(=O)ON1C(=O)c2ccccc2C1=O)c1csc(-c2ccccc2F)n1. The van der Waals surface area contributed by atoms with Crippen LogP contribution >= 0.6 is 11.3 Å². The van der Waals surface area contributed by atoms with Gasteiger partial charge in [0.05, 0.1) is 16.8 Å². The van der Waals surface area contributed by atoms with Crippen molar-refractivity contribution in [2.45, 2.75) is 19.3 Å². The molecule has 0 N–H and O–H groups in total. The Balaban J connectivity index is 1.57. The molecule has 0 saturated carbocycles. The number of halogens is 1. The summed E-state index contributed by atoms with van der Waals surface area (Å²) in [5, 5.41) is 2.52. The fourth-order valence-electron chi connectivity index (χ4n) is 2.87. The lowest BCUT2D eigenvalue weighted by Crippen LogP contribution is -2.40. The highest BCUT2D eigenvalue weighted by atomic mass is 32.1. The van der Waals surface area contributed by atoms with Gasteiger partial charge in [-0.2, -0.15) is 0 Å². The van der Waals surface area contributed by atoms with Crippen LogP contribution < -0.4 is 0 Å². The van der Waals surface area contributed by atoms with Crippen molar-refractivity contribution in [3.63, 3.8) is 0 Å². The van der Waals surface area contributed by atoms with Gasteiger partial charge in [-0.15, -0.1) is 11.3 Å². The molecular formula is C21H15FN2O4S. The number of hydrogen-bond donors (Lipinski definition) is 0. The van der Waals surface area contributed by atoms with E-state index >= 15 is 0 Å². The Morgan fingerprint density at radius 2 is 1.55 bits per heavy atom. The fraction of sp³-hybridized carbons (Fsp3) is 0.143. The van der Waals surface area contributed by atoms with Crippen molar-refractivity contribution in [2.24, 2.45) is 0 Å². The molecule has 2 heterocycles. The minimum Gasteiger partial charge on any atom is -0.329 e. The number of carbonyl (C=O) groups is 3. The molecule has 0 bridgehead atoms. The van der Waals surface area contributed by atoms with Crippen LogP contribution in [0.25, 0.3) is 10.6 Å². The van der Waals surface area contributed by atoms with Crippen LogP contribution in [-0.2, 0) is 15.0 Å². The molecule has 2 aromatic carbocycles. The summed E-state index contributed by atoms with van der Waals surface area (Å²) >= 11 is 1.19. The van der Waals surface area contributed by atoms with Crippen molar-refractivity contribution < 1.29 is 23.6 Å². The Kier molecular flexibility index (Phi) is 4.50. The summed E-state index contributed by atoms with van der Waals surface area (Å²) in [6.07, 6.45) is 0. The Morgan fingerprint density at radius 3 is 2.14 bits per heavy atom. The van der Waals surface area contributed by atoms with Crippen LogP contribution in [0.1, 0.15) is 40.3 Å². The second-order valence-electron chi connectivity index (χ2n) is 6.97. The van der Waals surface area contributed by atoms with E-state index in [9.17, 15) is 18.8 Å². The summed E-state index contributed by atoms with van der Waals surface area (Å²) in [5.74, 6) is -2.63. The van der Waals surface area contributed by atoms with Crippen LogP contribution in [0.2, 0.25) is 0 Å². The molecule has 4 rings (SSSR count). The number of benzene rings is 2. The second kappa shape index (κ2) is 6.89. The average Bonchev–Trinajstić information content (AvgIpc) is 3.29. The Hall–Kier alpha value is -3.39. The molecule has 0 saturated heterocycles. The number of hydroxylamine groups is 2. The largest absolute Gasteiger partial charge is 0.344 e. The highest BCUT2D eigenvalue weighted by Crippen LogP contribution is 2.33. The van der Waals surface area contributed by atoms with Crippen molar-refractivity contribution in [3.05, 3.63) is 76.5 Å². The van der Waals surface area contributed by atoms with E-state index < -0.39 is 29.0 Å². The first-order chi connectivity index (χ1) is 13.8. The molecule has 1 aliphatic heterocycles. The molecule has 8 heteroatoms. The minimum absolute atomic E-state index is 0.179. The molecule has 29 heavy (non-hydrogen) atoms. The summed E-state index contributed by atoms with van der Waals surface area (Å²) in [6.45, 7) is 3.13. The molecule has 0 spiro atoms. The van der Waals surface area contributed by atoms with Gasteiger partial charge >= 0.3 is 5.97 Å². The molecular weight excluding hydrogens is 395 g/mol. The Bertz CT molecular complexity index is 1120. The standard InChI is InChI=1S/C21H15FN2O4S/c1-21(2,16-11-29-17(23-16)14-9-5-6-10-15(14)22)20(27)28-24-18(25)12-7-3-4-8-13(12)19(24)26/h3-11H,1-2H3. The number of fused-ring (bicyclic) bond motifs is 1. The molecule has 0 aliphatic carbocycles. The number of carbonyl (C=O) groups excluding carboxylic acids is 3. The first kappa shape index (κ1) is 18.9. The van der Waals surface area contributed by atoms with E-state index in [-0.39, 0.29) is 11.1 Å². The van der Waals surface area contributed by atoms with Crippen molar-refractivity contribution in [1.29, 1.82) is 0 Å². The summed E-state index contributed by atoms with van der Waals surface area (Å²) in [4.78, 5) is 47.1. The average molecular weight is 410 g/mol. The van der Waals surface area contributed by atoms with E-state index in [4.69, 9.17) is 4.84 Å². The Labute approximate surface area is 169 Å². The summed E-state index contributed by atoms with van der Waals surface area (Å²) < 4.78 is 14.0. The third kappa shape index (κ3) is 3.11. The van der Waals surface area contributed by atoms with E-state index in [1.54, 1.807) is 49.6 Å². The first-order valence-electron chi connectivity index (χ1n) is 8.72. The maximum Gasteiger partial charge on any atom is 0.344 e. The third-order valence-corrected chi connectivity index (χ3v) is 5.57. The summed E-state index contributed by atoms with van der Waals surface area (Å²) in [5.41, 5.74) is -0.233. The maximum absolute atomic E-state index is 14.0. The van der Waals surface area contributed by atoms with Gasteiger partial charge in [0.15, 0.2) is 0 Å². The minimum atomic E-state index is -1.27. The fourth-order valence-corrected chi connectivity index (χ4v) is 3.88. The number of hydrogen-bond acceptors (Lipinski definition) is 6. The molecule has 6 nitrogen and oxygen atoms in total. The van der Waals surface area contributed by atoms with Gasteiger partial charge in [0.25, 0.3) is 11.8 Å². The number of nitrogens with zero attached hydrogens (tertiary/aromatic N) is 2. The predicted molar refractivity (Wildman–Crippen MR) is 104 cm³/mol. The second-order valence-corrected chi connectivity index (χ2v) is 7.83. The van der Waals surface area contributed by atoms with Crippen LogP contribution in [0.3, 0.4) is 0 Å². The third-order valence-electron chi connectivity index (χ3n) is 4.69. The highest BCUT2D eigenvalue weighted by Gasteiger charge is 2.43. The van der Waals surface area contributed by atoms with Crippen molar-refractivity contribution >= 4 is 29.1 Å². The zero-order valence-corrected chi connectivity index (χ0v) is 16.3. The lowest BCUT2D eigenvalue weighted by Gasteiger charge is -2.22. The van der Waals surface area contributed by atoms with E-state index in [0.717, 1.165) is 0 Å². The number of aromatic nitrogens is 1. The quantitative estimate of drug-likeness (QED) is 0.608. The number of thiazole rings is 1. The van der Waals surface area contributed by atoms with E-state index in [1.807, 2.05) is 0 Å². The normalized spacial score (nSPS) is 13.6. The zero-order valence-electron chi connectivity index (χ0n) is 15.5. The van der Waals surface area contributed by atoms with E-state index in [2.05, 4.69) is 4.98 Å². The summed E-state index contributed by atoms with van der Waals surface area (Å²) in [6, 6.07) is 12.4. The predicted octanol–water partition coefficient (Wildman–Crippen LogP) is 3.98. The van der Waals surface area contributed by atoms with Gasteiger partial charge in [-0.3, -0.25) is 9.59 Å². The van der Waals surface area contributed by atoms with Crippen molar-refractivity contribution in [1.82, 2.24) is 10.0 Å². The molecule has 1 aliphatic rings. The van der Waals surface area contributed by atoms with Crippen molar-refractivity contribution in [3.8, 4) is 10.6 Å². The van der Waals surface area contributed by atoms with Gasteiger partial charge in [-0.25, -0.2) is 14.2 Å². The lowest BCUT2D eigenvalue weighted by atomic mass is 9.90. The van der Waals surface area contributed by atoms with Gasteiger partial charge in [-0.05, 0) is 38.1 Å². The van der Waals surface area contributed by atoms with Gasteiger partial charge in [0.1, 0.15) is 16.2 Å². The number of amides is 2. The van der Waals surface area contributed by atoms with Crippen LogP contribution in [0.15, 0.2) is 53.9 Å². The van der Waals surface area contributed by atoms with Gasteiger partial charge < -0.3 is 4.84 Å². The molecule has 3 aromatic rings. The number of imide groups is 1. The van der Waals surface area contributed by atoms with Gasteiger partial charge in [0, 0.05) is 10.9 Å². The molecule has 0 unspecified atom stereocenters. The molecule has 2 amide bonds. The van der Waals surface area contributed by atoms with Crippen molar-refractivity contribution in [2.75, 3.05) is 0 Å². The lowest BCUT2D eigenvalue weighted by molar-refractivity contribution is -0.174. The number of rotatable bonds is 4. The zero-order chi connectivity index (χ0) is 20.8. The van der Waals surface area contributed by atoms with E-state index in [0.29, 0.717) is 21.3 Å². The van der Waals surface area contributed by atoms with Crippen LogP contribution in [0.5, 0.6) is 0 Å². The topological polar surface area (TPSA) is 76.6 Å². The molecule has 0 atom stereocenters. The van der Waals surface area contributed by atoms with Crippen LogP contribution in [0, 0.1) is 5.82 Å². The molecule has 146 valence electrons. The molecule has 0 fully saturated rings. The summed E-state index contributed by atoms with van der Waals surface area (Å²) in [7, 11) is 0. The molecule has 1 aromatic heterocycles. The molecule has 0 radical (unpaired) electrons. The monoisotopic (exact) mass is 410 g/mol. The smallest absolute Gasteiger partial charge is 0.329 e. The maximum atomic E-state index is 14.0. The van der Waals surface area contributed by atoms with Gasteiger partial charge in [-0.1, -0.05) is 29.3 Å². The Morgan fingerprint density at radius 1 is 1.00 bits per heavy atom.